The van der Waals surface area contributed by atoms with Gasteiger partial charge in [0.05, 0.1) is 0 Å². The quantitative estimate of drug-likeness (QED) is 0.825. The number of nitrogens with zero attached hydrogens (tertiary/aromatic N) is 2. The Morgan fingerprint density at radius 1 is 1.17 bits per heavy atom. The largest absolute Gasteiger partial charge is 0.324 e. The summed E-state index contributed by atoms with van der Waals surface area (Å²) in [6, 6.07) is 0.169. The Balaban J connectivity index is 1.66. The standard InChI is InChI=1S/C15H21N3/c16-13-2-1-3-14-12(13)8-17-15(18-14)11-7-9-4-5-10(11)6-9/h8-11,13H,1-7,16H2. The molecule has 0 aliphatic heterocycles. The molecule has 4 unspecified atom stereocenters. The molecule has 3 aliphatic carbocycles. The fourth-order valence-electron chi connectivity index (χ4n) is 4.34. The van der Waals surface area contributed by atoms with E-state index >= 15 is 0 Å². The molecule has 2 bridgehead atoms. The van der Waals surface area contributed by atoms with Crippen LogP contribution in [0.25, 0.3) is 0 Å². The number of hydrogen-bond acceptors (Lipinski definition) is 3. The smallest absolute Gasteiger partial charge is 0.131 e. The zero-order valence-corrected chi connectivity index (χ0v) is 10.8. The summed E-state index contributed by atoms with van der Waals surface area (Å²) in [4.78, 5) is 9.53. The van der Waals surface area contributed by atoms with Gasteiger partial charge in [0.1, 0.15) is 5.82 Å². The van der Waals surface area contributed by atoms with Gasteiger partial charge in [0, 0.05) is 29.4 Å². The second kappa shape index (κ2) is 4.02. The predicted octanol–water partition coefficient (Wildman–Crippen LogP) is 2.72. The first-order chi connectivity index (χ1) is 8.81. The Hall–Kier alpha value is -0.960. The number of aryl methyl sites for hydroxylation is 1. The van der Waals surface area contributed by atoms with E-state index in [1.54, 1.807) is 0 Å². The third kappa shape index (κ3) is 1.60. The normalized spacial score (nSPS) is 37.8. The zero-order chi connectivity index (χ0) is 12.1. The molecule has 1 aromatic heterocycles. The van der Waals surface area contributed by atoms with E-state index in [0.717, 1.165) is 30.5 Å². The van der Waals surface area contributed by atoms with Gasteiger partial charge in [-0.3, -0.25) is 0 Å². The molecular formula is C15H21N3. The molecule has 2 fully saturated rings. The van der Waals surface area contributed by atoms with E-state index in [2.05, 4.69) is 4.98 Å². The van der Waals surface area contributed by atoms with Crippen LogP contribution in [-0.4, -0.2) is 9.97 Å². The highest BCUT2D eigenvalue weighted by Gasteiger charge is 2.41. The van der Waals surface area contributed by atoms with Crippen LogP contribution in [0.2, 0.25) is 0 Å². The van der Waals surface area contributed by atoms with Crippen LogP contribution in [0, 0.1) is 11.8 Å². The van der Waals surface area contributed by atoms with Gasteiger partial charge in [0.15, 0.2) is 0 Å². The first kappa shape index (κ1) is 10.9. The zero-order valence-electron chi connectivity index (χ0n) is 10.8. The first-order valence-electron chi connectivity index (χ1n) is 7.42. The van der Waals surface area contributed by atoms with E-state index in [1.807, 2.05) is 6.20 Å². The maximum absolute atomic E-state index is 6.13. The molecule has 1 aromatic rings. The lowest BCUT2D eigenvalue weighted by Gasteiger charge is -2.24. The van der Waals surface area contributed by atoms with Crippen molar-refractivity contribution in [1.82, 2.24) is 9.97 Å². The van der Waals surface area contributed by atoms with Crippen LogP contribution in [0.3, 0.4) is 0 Å². The summed E-state index contributed by atoms with van der Waals surface area (Å²) in [5.74, 6) is 3.59. The molecule has 2 saturated carbocycles. The molecule has 0 amide bonds. The van der Waals surface area contributed by atoms with E-state index in [-0.39, 0.29) is 6.04 Å². The molecule has 2 N–H and O–H groups in total. The third-order valence-corrected chi connectivity index (χ3v) is 5.32. The summed E-state index contributed by atoms with van der Waals surface area (Å²) >= 11 is 0. The lowest BCUT2D eigenvalue weighted by Crippen LogP contribution is -2.21. The van der Waals surface area contributed by atoms with Crippen LogP contribution < -0.4 is 5.73 Å². The Morgan fingerprint density at radius 3 is 2.89 bits per heavy atom. The minimum Gasteiger partial charge on any atom is -0.324 e. The number of hydrogen-bond donors (Lipinski definition) is 1. The van der Waals surface area contributed by atoms with Gasteiger partial charge in [0.25, 0.3) is 0 Å². The maximum atomic E-state index is 6.13. The first-order valence-corrected chi connectivity index (χ1v) is 7.42. The van der Waals surface area contributed by atoms with Gasteiger partial charge in [0.2, 0.25) is 0 Å². The molecule has 0 saturated heterocycles. The van der Waals surface area contributed by atoms with E-state index in [1.165, 1.54) is 43.4 Å². The van der Waals surface area contributed by atoms with Crippen molar-refractivity contribution in [1.29, 1.82) is 0 Å². The van der Waals surface area contributed by atoms with Crippen molar-refractivity contribution in [2.75, 3.05) is 0 Å². The number of aromatic nitrogens is 2. The van der Waals surface area contributed by atoms with Crippen molar-refractivity contribution >= 4 is 0 Å². The van der Waals surface area contributed by atoms with Gasteiger partial charge in [-0.25, -0.2) is 9.97 Å². The van der Waals surface area contributed by atoms with Crippen molar-refractivity contribution < 1.29 is 0 Å². The van der Waals surface area contributed by atoms with Crippen LogP contribution in [0.1, 0.15) is 67.6 Å². The highest BCUT2D eigenvalue weighted by Crippen LogP contribution is 2.52. The van der Waals surface area contributed by atoms with Gasteiger partial charge >= 0.3 is 0 Å². The molecule has 0 radical (unpaired) electrons. The van der Waals surface area contributed by atoms with Crippen LogP contribution >= 0.6 is 0 Å². The summed E-state index contributed by atoms with van der Waals surface area (Å²) in [6.45, 7) is 0. The average molecular weight is 243 g/mol. The summed E-state index contributed by atoms with van der Waals surface area (Å²) in [5.41, 5.74) is 8.57. The van der Waals surface area contributed by atoms with E-state index in [0.29, 0.717) is 5.92 Å². The molecule has 4 rings (SSSR count). The molecular weight excluding hydrogens is 222 g/mol. The van der Waals surface area contributed by atoms with Crippen molar-refractivity contribution in [2.24, 2.45) is 17.6 Å². The monoisotopic (exact) mass is 243 g/mol. The minimum absolute atomic E-state index is 0.169. The molecule has 0 aromatic carbocycles. The molecule has 3 heteroatoms. The van der Waals surface area contributed by atoms with E-state index in [9.17, 15) is 0 Å². The lowest BCUT2D eigenvalue weighted by atomic mass is 9.87. The highest BCUT2D eigenvalue weighted by molar-refractivity contribution is 5.25. The summed E-state index contributed by atoms with van der Waals surface area (Å²) in [5, 5.41) is 0. The van der Waals surface area contributed by atoms with Crippen LogP contribution in [0.5, 0.6) is 0 Å². The van der Waals surface area contributed by atoms with Crippen LogP contribution in [0.15, 0.2) is 6.20 Å². The van der Waals surface area contributed by atoms with Crippen molar-refractivity contribution in [3.05, 3.63) is 23.3 Å². The molecule has 96 valence electrons. The lowest BCUT2D eigenvalue weighted by molar-refractivity contribution is 0.402. The predicted molar refractivity (Wildman–Crippen MR) is 70.1 cm³/mol. The SMILES string of the molecule is NC1CCCc2nc(C3CC4CCC3C4)ncc21. The third-order valence-electron chi connectivity index (χ3n) is 5.32. The molecule has 18 heavy (non-hydrogen) atoms. The number of nitrogens with two attached hydrogens (primary N) is 1. The van der Waals surface area contributed by atoms with Crippen molar-refractivity contribution in [3.8, 4) is 0 Å². The average Bonchev–Trinajstić information content (AvgIpc) is 3.01. The van der Waals surface area contributed by atoms with Crippen LogP contribution in [0.4, 0.5) is 0 Å². The highest BCUT2D eigenvalue weighted by atomic mass is 14.9. The fraction of sp³-hybridized carbons (Fsp3) is 0.733. The number of rotatable bonds is 1. The Bertz CT molecular complexity index is 471. The van der Waals surface area contributed by atoms with Crippen molar-refractivity contribution in [3.63, 3.8) is 0 Å². The Morgan fingerprint density at radius 2 is 2.11 bits per heavy atom. The summed E-state index contributed by atoms with van der Waals surface area (Å²) in [7, 11) is 0. The molecule has 1 heterocycles. The van der Waals surface area contributed by atoms with Gasteiger partial charge in [-0.2, -0.15) is 0 Å². The fourth-order valence-corrected chi connectivity index (χ4v) is 4.34. The molecule has 4 atom stereocenters. The Labute approximate surface area is 108 Å². The van der Waals surface area contributed by atoms with E-state index in [4.69, 9.17) is 10.7 Å². The maximum Gasteiger partial charge on any atom is 0.131 e. The summed E-state index contributed by atoms with van der Waals surface area (Å²) < 4.78 is 0. The van der Waals surface area contributed by atoms with E-state index < -0.39 is 0 Å². The number of fused-ring (bicyclic) bond motifs is 3. The Kier molecular flexibility index (Phi) is 2.44. The van der Waals surface area contributed by atoms with Crippen LogP contribution in [-0.2, 0) is 6.42 Å². The molecule has 0 spiro atoms. The second-order valence-corrected chi connectivity index (χ2v) is 6.41. The van der Waals surface area contributed by atoms with Crippen molar-refractivity contribution in [2.45, 2.75) is 56.9 Å². The van der Waals surface area contributed by atoms with Gasteiger partial charge < -0.3 is 5.73 Å². The molecule has 3 nitrogen and oxygen atoms in total. The van der Waals surface area contributed by atoms with Gasteiger partial charge in [-0.1, -0.05) is 6.42 Å². The van der Waals surface area contributed by atoms with Gasteiger partial charge in [-0.05, 0) is 50.4 Å². The second-order valence-electron chi connectivity index (χ2n) is 6.41. The summed E-state index contributed by atoms with van der Waals surface area (Å²) in [6.07, 6.45) is 11.0. The van der Waals surface area contributed by atoms with Gasteiger partial charge in [-0.15, -0.1) is 0 Å². The topological polar surface area (TPSA) is 51.8 Å². The molecule has 3 aliphatic rings. The minimum atomic E-state index is 0.169.